The predicted molar refractivity (Wildman–Crippen MR) is 85.4 cm³/mol. The summed E-state index contributed by atoms with van der Waals surface area (Å²) >= 11 is 0. The normalized spacial score (nSPS) is 26.9. The second-order valence-corrected chi connectivity index (χ2v) is 6.36. The molecule has 2 aliphatic heterocycles. The monoisotopic (exact) mass is 297 g/mol. The van der Waals surface area contributed by atoms with Crippen LogP contribution in [0.3, 0.4) is 0 Å². The molecule has 22 heavy (non-hydrogen) atoms. The topological polar surface area (TPSA) is 21.3 Å². The zero-order valence-corrected chi connectivity index (χ0v) is 12.5. The van der Waals surface area contributed by atoms with Crippen LogP contribution in [-0.2, 0) is 0 Å². The zero-order valence-electron chi connectivity index (χ0n) is 12.5. The minimum atomic E-state index is -0.205. The van der Waals surface area contributed by atoms with Crippen molar-refractivity contribution in [3.63, 3.8) is 0 Å². The van der Waals surface area contributed by atoms with Crippen molar-refractivity contribution in [3.8, 4) is 16.9 Å². The number of fused-ring (bicyclic) bond motifs is 2. The van der Waals surface area contributed by atoms with Crippen molar-refractivity contribution in [3.05, 3.63) is 54.3 Å². The average Bonchev–Trinajstić information content (AvgIpc) is 2.89. The van der Waals surface area contributed by atoms with Gasteiger partial charge in [-0.25, -0.2) is 4.39 Å². The van der Waals surface area contributed by atoms with Gasteiger partial charge < -0.3 is 10.1 Å². The van der Waals surface area contributed by atoms with E-state index in [4.69, 9.17) is 4.74 Å². The van der Waals surface area contributed by atoms with Crippen molar-refractivity contribution in [1.82, 2.24) is 5.32 Å². The van der Waals surface area contributed by atoms with E-state index in [1.54, 1.807) is 6.07 Å². The van der Waals surface area contributed by atoms with Crippen molar-refractivity contribution >= 4 is 0 Å². The molecule has 2 nitrogen and oxygen atoms in total. The molecule has 0 amide bonds. The highest BCUT2D eigenvalue weighted by Crippen LogP contribution is 2.32. The molecule has 2 heterocycles. The average molecular weight is 297 g/mol. The van der Waals surface area contributed by atoms with E-state index < -0.39 is 0 Å². The van der Waals surface area contributed by atoms with E-state index >= 15 is 0 Å². The Bertz CT molecular complexity index is 646. The molecule has 2 aliphatic rings. The molecule has 2 aromatic carbocycles. The Kier molecular flexibility index (Phi) is 3.59. The molecule has 114 valence electrons. The van der Waals surface area contributed by atoms with Crippen molar-refractivity contribution in [1.29, 1.82) is 0 Å². The number of nitrogens with one attached hydrogen (secondary N) is 1. The van der Waals surface area contributed by atoms with Gasteiger partial charge in [-0.15, -0.1) is 0 Å². The van der Waals surface area contributed by atoms with E-state index in [-0.39, 0.29) is 11.9 Å². The van der Waals surface area contributed by atoms with Gasteiger partial charge in [0.25, 0.3) is 0 Å². The molecule has 2 aromatic rings. The first-order valence-electron chi connectivity index (χ1n) is 8.05. The van der Waals surface area contributed by atoms with Crippen LogP contribution in [0.2, 0.25) is 0 Å². The summed E-state index contributed by atoms with van der Waals surface area (Å²) in [5.41, 5.74) is 1.49. The SMILES string of the molecule is Fc1ccc(OC2CC3CCC(C2)N3)cc1-c1ccccc1. The van der Waals surface area contributed by atoms with Crippen molar-refractivity contribution in [2.45, 2.75) is 43.9 Å². The van der Waals surface area contributed by atoms with Crippen LogP contribution < -0.4 is 10.1 Å². The van der Waals surface area contributed by atoms with Gasteiger partial charge in [-0.1, -0.05) is 30.3 Å². The number of hydrogen-bond acceptors (Lipinski definition) is 2. The Labute approximate surface area is 130 Å². The Morgan fingerprint density at radius 1 is 0.955 bits per heavy atom. The largest absolute Gasteiger partial charge is 0.490 e. The number of benzene rings is 2. The van der Waals surface area contributed by atoms with E-state index in [0.29, 0.717) is 17.6 Å². The number of hydrogen-bond donors (Lipinski definition) is 1. The number of ether oxygens (including phenoxy) is 1. The lowest BCUT2D eigenvalue weighted by molar-refractivity contribution is 0.137. The predicted octanol–water partition coefficient (Wildman–Crippen LogP) is 4.15. The van der Waals surface area contributed by atoms with Crippen molar-refractivity contribution in [2.75, 3.05) is 0 Å². The van der Waals surface area contributed by atoms with Crippen LogP contribution in [0.15, 0.2) is 48.5 Å². The van der Waals surface area contributed by atoms with Crippen LogP contribution in [-0.4, -0.2) is 18.2 Å². The van der Waals surface area contributed by atoms with E-state index in [2.05, 4.69) is 5.32 Å². The first-order valence-corrected chi connectivity index (χ1v) is 8.05. The Hall–Kier alpha value is -1.87. The lowest BCUT2D eigenvalue weighted by atomic mass is 10.0. The molecule has 2 atom stereocenters. The number of halogens is 1. The zero-order chi connectivity index (χ0) is 14.9. The Balaban J connectivity index is 1.55. The summed E-state index contributed by atoms with van der Waals surface area (Å²) in [5.74, 6) is 0.565. The van der Waals surface area contributed by atoms with Crippen LogP contribution in [0, 0.1) is 5.82 Å². The third-order valence-corrected chi connectivity index (χ3v) is 4.76. The third-order valence-electron chi connectivity index (χ3n) is 4.76. The summed E-state index contributed by atoms with van der Waals surface area (Å²) in [6.07, 6.45) is 4.85. The van der Waals surface area contributed by atoms with Gasteiger partial charge >= 0.3 is 0 Å². The minimum Gasteiger partial charge on any atom is -0.490 e. The molecule has 4 rings (SSSR count). The lowest BCUT2D eigenvalue weighted by Crippen LogP contribution is -2.42. The van der Waals surface area contributed by atoms with Crippen LogP contribution >= 0.6 is 0 Å². The van der Waals surface area contributed by atoms with Gasteiger partial charge in [-0.3, -0.25) is 0 Å². The van der Waals surface area contributed by atoms with Gasteiger partial charge in [0.05, 0.1) is 0 Å². The van der Waals surface area contributed by atoms with Gasteiger partial charge in [-0.2, -0.15) is 0 Å². The molecular formula is C19H20FNO. The maximum Gasteiger partial charge on any atom is 0.131 e. The van der Waals surface area contributed by atoms with Crippen molar-refractivity contribution in [2.24, 2.45) is 0 Å². The summed E-state index contributed by atoms with van der Waals surface area (Å²) in [5, 5.41) is 3.61. The molecule has 2 unspecified atom stereocenters. The molecule has 0 aromatic heterocycles. The summed E-state index contributed by atoms with van der Waals surface area (Å²) in [7, 11) is 0. The van der Waals surface area contributed by atoms with Crippen LogP contribution in [0.25, 0.3) is 11.1 Å². The molecule has 0 radical (unpaired) electrons. The Morgan fingerprint density at radius 2 is 1.68 bits per heavy atom. The molecule has 2 fully saturated rings. The quantitative estimate of drug-likeness (QED) is 0.918. The molecule has 2 saturated heterocycles. The maximum absolute atomic E-state index is 14.1. The molecule has 0 spiro atoms. The second kappa shape index (κ2) is 5.73. The van der Waals surface area contributed by atoms with Gasteiger partial charge in [-0.05, 0) is 49.4 Å². The fraction of sp³-hybridized carbons (Fsp3) is 0.368. The first kappa shape index (κ1) is 13.8. The minimum absolute atomic E-state index is 0.205. The smallest absolute Gasteiger partial charge is 0.131 e. The molecular weight excluding hydrogens is 277 g/mol. The molecule has 1 N–H and O–H groups in total. The van der Waals surface area contributed by atoms with Crippen LogP contribution in [0.4, 0.5) is 4.39 Å². The Morgan fingerprint density at radius 3 is 2.41 bits per heavy atom. The van der Waals surface area contributed by atoms with Gasteiger partial charge in [0, 0.05) is 17.6 Å². The fourth-order valence-electron chi connectivity index (χ4n) is 3.71. The number of rotatable bonds is 3. The van der Waals surface area contributed by atoms with Crippen LogP contribution in [0.5, 0.6) is 5.75 Å². The molecule has 2 bridgehead atoms. The maximum atomic E-state index is 14.1. The third kappa shape index (κ3) is 2.73. The summed E-state index contributed by atoms with van der Waals surface area (Å²) in [6, 6.07) is 15.9. The highest BCUT2D eigenvalue weighted by molar-refractivity contribution is 5.65. The molecule has 0 saturated carbocycles. The highest BCUT2D eigenvalue weighted by Gasteiger charge is 2.34. The van der Waals surface area contributed by atoms with Gasteiger partial charge in [0.1, 0.15) is 17.7 Å². The summed E-state index contributed by atoms with van der Waals surface area (Å²) in [4.78, 5) is 0. The lowest BCUT2D eigenvalue weighted by Gasteiger charge is -2.29. The summed E-state index contributed by atoms with van der Waals surface area (Å²) in [6.45, 7) is 0. The highest BCUT2D eigenvalue weighted by atomic mass is 19.1. The molecule has 3 heteroatoms. The van der Waals surface area contributed by atoms with Gasteiger partial charge in [0.2, 0.25) is 0 Å². The standard InChI is InChI=1S/C19H20FNO/c20-19-9-8-16(12-18(19)13-4-2-1-3-5-13)22-17-10-14-6-7-15(11-17)21-14/h1-5,8-9,12,14-15,17,21H,6-7,10-11H2. The van der Waals surface area contributed by atoms with E-state index in [9.17, 15) is 4.39 Å². The van der Waals surface area contributed by atoms with E-state index in [1.807, 2.05) is 36.4 Å². The van der Waals surface area contributed by atoms with Gasteiger partial charge in [0.15, 0.2) is 0 Å². The number of piperidine rings is 1. The van der Waals surface area contributed by atoms with E-state index in [0.717, 1.165) is 24.2 Å². The van der Waals surface area contributed by atoms with Crippen LogP contribution in [0.1, 0.15) is 25.7 Å². The molecule has 0 aliphatic carbocycles. The van der Waals surface area contributed by atoms with Crippen molar-refractivity contribution < 1.29 is 9.13 Å². The first-order chi connectivity index (χ1) is 10.8. The summed E-state index contributed by atoms with van der Waals surface area (Å²) < 4.78 is 20.2. The van der Waals surface area contributed by atoms with E-state index in [1.165, 1.54) is 18.9 Å². The fourth-order valence-corrected chi connectivity index (χ4v) is 3.71. The second-order valence-electron chi connectivity index (χ2n) is 6.36.